The molecule has 0 spiro atoms. The van der Waals surface area contributed by atoms with Crippen molar-refractivity contribution in [2.24, 2.45) is 0 Å². The lowest BCUT2D eigenvalue weighted by Crippen LogP contribution is -2.48. The van der Waals surface area contributed by atoms with Crippen LogP contribution in [0, 0.1) is 13.8 Å². The van der Waals surface area contributed by atoms with Gasteiger partial charge in [0, 0.05) is 44.4 Å². The molecule has 27 heavy (non-hydrogen) atoms. The fraction of sp³-hybridized carbons (Fsp3) is 0.350. The highest BCUT2D eigenvalue weighted by molar-refractivity contribution is 6.00. The quantitative estimate of drug-likeness (QED) is 0.707. The highest BCUT2D eigenvalue weighted by Crippen LogP contribution is 2.26. The second kappa shape index (κ2) is 7.36. The van der Waals surface area contributed by atoms with E-state index in [1.165, 1.54) is 0 Å². The van der Waals surface area contributed by atoms with Crippen LogP contribution < -0.4 is 0 Å². The monoisotopic (exact) mass is 366 g/mol. The van der Waals surface area contributed by atoms with Crippen LogP contribution in [-0.2, 0) is 6.54 Å². The van der Waals surface area contributed by atoms with Gasteiger partial charge in [-0.15, -0.1) is 0 Å². The third-order valence-corrected chi connectivity index (χ3v) is 4.85. The largest absolute Gasteiger partial charge is 0.361 e. The topological polar surface area (TPSA) is 75.6 Å². The van der Waals surface area contributed by atoms with Crippen LogP contribution in [0.15, 0.2) is 45.4 Å². The Morgan fingerprint density at radius 1 is 1.04 bits per heavy atom. The summed E-state index contributed by atoms with van der Waals surface area (Å²) in [4.78, 5) is 17.3. The molecule has 0 N–H and O–H groups in total. The molecule has 140 valence electrons. The zero-order valence-corrected chi connectivity index (χ0v) is 15.5. The van der Waals surface area contributed by atoms with E-state index in [0.29, 0.717) is 30.1 Å². The molecular weight excluding hydrogens is 344 g/mol. The summed E-state index contributed by atoms with van der Waals surface area (Å²) in [6.45, 7) is 7.32. The van der Waals surface area contributed by atoms with Gasteiger partial charge in [0.2, 0.25) is 0 Å². The molecule has 7 heteroatoms. The van der Waals surface area contributed by atoms with E-state index in [9.17, 15) is 4.79 Å². The second-order valence-electron chi connectivity index (χ2n) is 6.83. The molecule has 0 aliphatic carbocycles. The highest BCUT2D eigenvalue weighted by atomic mass is 16.5. The van der Waals surface area contributed by atoms with E-state index in [1.807, 2.05) is 48.2 Å². The third kappa shape index (κ3) is 3.64. The van der Waals surface area contributed by atoms with Gasteiger partial charge in [-0.25, -0.2) is 0 Å². The van der Waals surface area contributed by atoms with Gasteiger partial charge in [-0.2, -0.15) is 0 Å². The second-order valence-corrected chi connectivity index (χ2v) is 6.83. The maximum Gasteiger partial charge on any atom is 0.259 e. The van der Waals surface area contributed by atoms with Gasteiger partial charge in [0.15, 0.2) is 0 Å². The van der Waals surface area contributed by atoms with Crippen LogP contribution in [0.3, 0.4) is 0 Å². The van der Waals surface area contributed by atoms with Crippen molar-refractivity contribution >= 4 is 5.91 Å². The van der Waals surface area contributed by atoms with Gasteiger partial charge in [-0.3, -0.25) is 9.69 Å². The SMILES string of the molecule is Cc1cc(CN2CCN(C(=O)c3c(-c4ccccc4)noc3C)CC2)no1. The predicted molar refractivity (Wildman–Crippen MR) is 99.1 cm³/mol. The minimum absolute atomic E-state index is 0.0236. The maximum atomic E-state index is 13.1. The smallest absolute Gasteiger partial charge is 0.259 e. The van der Waals surface area contributed by atoms with Gasteiger partial charge in [0.1, 0.15) is 22.8 Å². The molecule has 1 amide bonds. The molecule has 4 rings (SSSR count). The van der Waals surface area contributed by atoms with Crippen LogP contribution in [0.25, 0.3) is 11.3 Å². The summed E-state index contributed by atoms with van der Waals surface area (Å²) in [5, 5.41) is 8.17. The zero-order valence-electron chi connectivity index (χ0n) is 15.5. The van der Waals surface area contributed by atoms with Crippen molar-refractivity contribution in [2.75, 3.05) is 26.2 Å². The van der Waals surface area contributed by atoms with Crippen molar-refractivity contribution < 1.29 is 13.8 Å². The number of rotatable bonds is 4. The van der Waals surface area contributed by atoms with Crippen molar-refractivity contribution in [2.45, 2.75) is 20.4 Å². The minimum atomic E-state index is -0.0236. The maximum absolute atomic E-state index is 13.1. The first kappa shape index (κ1) is 17.5. The van der Waals surface area contributed by atoms with Gasteiger partial charge < -0.3 is 13.9 Å². The molecule has 1 aliphatic heterocycles. The summed E-state index contributed by atoms with van der Waals surface area (Å²) in [5.74, 6) is 1.35. The average molecular weight is 366 g/mol. The van der Waals surface area contributed by atoms with Gasteiger partial charge in [0.25, 0.3) is 5.91 Å². The molecule has 0 radical (unpaired) electrons. The fourth-order valence-electron chi connectivity index (χ4n) is 3.41. The van der Waals surface area contributed by atoms with Crippen molar-refractivity contribution in [3.8, 4) is 11.3 Å². The Morgan fingerprint density at radius 3 is 2.44 bits per heavy atom. The number of piperazine rings is 1. The molecule has 1 fully saturated rings. The van der Waals surface area contributed by atoms with Crippen LogP contribution in [0.4, 0.5) is 0 Å². The molecule has 3 heterocycles. The summed E-state index contributed by atoms with van der Waals surface area (Å²) in [6.07, 6.45) is 0. The summed E-state index contributed by atoms with van der Waals surface area (Å²) in [5.41, 5.74) is 2.98. The molecule has 0 atom stereocenters. The van der Waals surface area contributed by atoms with Crippen LogP contribution in [0.1, 0.15) is 27.6 Å². The molecule has 1 aromatic carbocycles. The molecule has 1 aliphatic rings. The first-order chi connectivity index (χ1) is 13.1. The molecule has 0 unspecified atom stereocenters. The van der Waals surface area contributed by atoms with Crippen LogP contribution in [0.5, 0.6) is 0 Å². The lowest BCUT2D eigenvalue weighted by Gasteiger charge is -2.34. The Hall–Kier alpha value is -2.93. The lowest BCUT2D eigenvalue weighted by atomic mass is 10.0. The van der Waals surface area contributed by atoms with E-state index < -0.39 is 0 Å². The summed E-state index contributed by atoms with van der Waals surface area (Å²) in [6, 6.07) is 11.6. The molecular formula is C20H22N4O3. The molecule has 2 aromatic heterocycles. The number of aryl methyl sites for hydroxylation is 2. The van der Waals surface area contributed by atoms with E-state index in [1.54, 1.807) is 6.92 Å². The molecule has 7 nitrogen and oxygen atoms in total. The van der Waals surface area contributed by atoms with Crippen molar-refractivity contribution in [1.82, 2.24) is 20.1 Å². The molecule has 1 saturated heterocycles. The third-order valence-electron chi connectivity index (χ3n) is 4.85. The fourth-order valence-corrected chi connectivity index (χ4v) is 3.41. The highest BCUT2D eigenvalue weighted by Gasteiger charge is 2.28. The Morgan fingerprint density at radius 2 is 1.78 bits per heavy atom. The van der Waals surface area contributed by atoms with Gasteiger partial charge in [0.05, 0.1) is 5.69 Å². The molecule has 0 bridgehead atoms. The number of hydrogen-bond acceptors (Lipinski definition) is 6. The normalized spacial score (nSPS) is 15.3. The van der Waals surface area contributed by atoms with Crippen LogP contribution in [-0.4, -0.2) is 52.2 Å². The van der Waals surface area contributed by atoms with Crippen molar-refractivity contribution in [3.63, 3.8) is 0 Å². The van der Waals surface area contributed by atoms with Gasteiger partial charge >= 0.3 is 0 Å². The average Bonchev–Trinajstić information content (AvgIpc) is 3.28. The number of aromatic nitrogens is 2. The Balaban J connectivity index is 1.45. The van der Waals surface area contributed by atoms with Crippen LogP contribution >= 0.6 is 0 Å². The standard InChI is InChI=1S/C20H22N4O3/c1-14-12-17(21-26-14)13-23-8-10-24(11-9-23)20(25)18-15(2)27-22-19(18)16-6-4-3-5-7-16/h3-7,12H,8-11,13H2,1-2H3. The lowest BCUT2D eigenvalue weighted by molar-refractivity contribution is 0.0624. The van der Waals surface area contributed by atoms with E-state index >= 15 is 0 Å². The van der Waals surface area contributed by atoms with E-state index in [-0.39, 0.29) is 5.91 Å². The number of benzene rings is 1. The first-order valence-electron chi connectivity index (χ1n) is 9.07. The summed E-state index contributed by atoms with van der Waals surface area (Å²) >= 11 is 0. The minimum Gasteiger partial charge on any atom is -0.361 e. The Labute approximate surface area is 157 Å². The molecule has 0 saturated carbocycles. The first-order valence-corrected chi connectivity index (χ1v) is 9.07. The van der Waals surface area contributed by atoms with Gasteiger partial charge in [-0.05, 0) is 13.8 Å². The summed E-state index contributed by atoms with van der Waals surface area (Å²) in [7, 11) is 0. The number of carbonyl (C=O) groups is 1. The van der Waals surface area contributed by atoms with E-state index in [2.05, 4.69) is 15.2 Å². The number of carbonyl (C=O) groups excluding carboxylic acids is 1. The van der Waals surface area contributed by atoms with E-state index in [0.717, 1.165) is 36.7 Å². The van der Waals surface area contributed by atoms with Crippen molar-refractivity contribution in [3.05, 3.63) is 59.2 Å². The van der Waals surface area contributed by atoms with E-state index in [4.69, 9.17) is 9.05 Å². The van der Waals surface area contributed by atoms with Gasteiger partial charge in [-0.1, -0.05) is 40.6 Å². The van der Waals surface area contributed by atoms with Crippen molar-refractivity contribution in [1.29, 1.82) is 0 Å². The Kier molecular flexibility index (Phi) is 4.77. The molecule has 3 aromatic rings. The summed E-state index contributed by atoms with van der Waals surface area (Å²) < 4.78 is 10.5. The van der Waals surface area contributed by atoms with Crippen LogP contribution in [0.2, 0.25) is 0 Å². The number of nitrogens with zero attached hydrogens (tertiary/aromatic N) is 4. The number of amides is 1. The number of hydrogen-bond donors (Lipinski definition) is 0. The zero-order chi connectivity index (χ0) is 18.8. The Bertz CT molecular complexity index is 924. The predicted octanol–water partition coefficient (Wildman–Crippen LogP) is 2.90.